The molecule has 0 spiro atoms. The summed E-state index contributed by atoms with van der Waals surface area (Å²) in [5.74, 6) is -0.476. The molecule has 3 rings (SSSR count). The van der Waals surface area contributed by atoms with E-state index >= 15 is 0 Å². The predicted molar refractivity (Wildman–Crippen MR) is 142 cm³/mol. The molecule has 2 amide bonds. The number of benzene rings is 2. The third kappa shape index (κ3) is 6.85. The minimum Gasteiger partial charge on any atom is -0.481 e. The maximum atomic E-state index is 12.6. The van der Waals surface area contributed by atoms with Crippen molar-refractivity contribution in [3.05, 3.63) is 74.9 Å². The Hall–Kier alpha value is -4.45. The van der Waals surface area contributed by atoms with E-state index < -0.39 is 23.0 Å². The lowest BCUT2D eigenvalue weighted by Gasteiger charge is -2.16. The number of hydrogen-bond acceptors (Lipinski definition) is 8. The van der Waals surface area contributed by atoms with E-state index in [1.54, 1.807) is 56.3 Å². The van der Waals surface area contributed by atoms with Crippen LogP contribution in [-0.4, -0.2) is 45.4 Å². The number of aryl methyl sites for hydroxylation is 1. The maximum absolute atomic E-state index is 12.6. The van der Waals surface area contributed by atoms with Gasteiger partial charge in [-0.15, -0.1) is 5.10 Å². The zero-order valence-corrected chi connectivity index (χ0v) is 22.1. The second-order valence-corrected chi connectivity index (χ2v) is 8.78. The fourth-order valence-corrected chi connectivity index (χ4v) is 3.51. The molecule has 2 atom stereocenters. The van der Waals surface area contributed by atoms with Crippen molar-refractivity contribution in [3.8, 4) is 11.6 Å². The highest BCUT2D eigenvalue weighted by molar-refractivity contribution is 6.30. The van der Waals surface area contributed by atoms with Crippen LogP contribution in [0.15, 0.2) is 53.8 Å². The first-order valence-electron chi connectivity index (χ1n) is 11.5. The van der Waals surface area contributed by atoms with E-state index in [1.165, 1.54) is 14.0 Å². The number of hydrogen-bond donors (Lipinski definition) is 2. The number of carbonyl (C=O) groups excluding carboxylic acids is 2. The number of ether oxygens (including phenoxy) is 2. The van der Waals surface area contributed by atoms with Gasteiger partial charge in [-0.1, -0.05) is 23.7 Å². The molecular weight excluding hydrogens is 516 g/mol. The number of aromatic nitrogens is 2. The summed E-state index contributed by atoms with van der Waals surface area (Å²) < 4.78 is 11.8. The van der Waals surface area contributed by atoms with Crippen molar-refractivity contribution in [1.82, 2.24) is 15.2 Å². The Labute approximate surface area is 223 Å². The molecule has 2 N–H and O–H groups in total. The van der Waals surface area contributed by atoms with E-state index in [1.807, 2.05) is 6.92 Å². The first-order valence-corrected chi connectivity index (χ1v) is 11.8. The van der Waals surface area contributed by atoms with Gasteiger partial charge in [-0.05, 0) is 69.2 Å². The molecule has 0 aliphatic carbocycles. The monoisotopic (exact) mass is 542 g/mol. The van der Waals surface area contributed by atoms with Gasteiger partial charge in [0.2, 0.25) is 0 Å². The van der Waals surface area contributed by atoms with Crippen LogP contribution < -0.4 is 20.2 Å². The number of nitrogens with zero attached hydrogens (tertiary/aromatic N) is 4. The summed E-state index contributed by atoms with van der Waals surface area (Å²) in [7, 11) is 1.26. The minimum absolute atomic E-state index is 0.192. The Morgan fingerprint density at radius 3 is 2.42 bits per heavy atom. The summed E-state index contributed by atoms with van der Waals surface area (Å²) >= 11 is 5.96. The lowest BCUT2D eigenvalue weighted by Crippen LogP contribution is -2.30. The van der Waals surface area contributed by atoms with Crippen molar-refractivity contribution in [3.63, 3.8) is 0 Å². The van der Waals surface area contributed by atoms with Crippen LogP contribution in [0.1, 0.15) is 37.9 Å². The highest BCUT2D eigenvalue weighted by atomic mass is 35.5. The van der Waals surface area contributed by atoms with Gasteiger partial charge >= 0.3 is 11.6 Å². The van der Waals surface area contributed by atoms with Gasteiger partial charge in [-0.25, -0.2) is 10.1 Å². The van der Waals surface area contributed by atoms with Crippen LogP contribution in [0.2, 0.25) is 5.02 Å². The molecule has 12 nitrogen and oxygen atoms in total. The highest BCUT2D eigenvalue weighted by Gasteiger charge is 2.25. The van der Waals surface area contributed by atoms with E-state index in [2.05, 4.69) is 20.9 Å². The molecule has 3 aromatic rings. The number of carbonyl (C=O) groups is 2. The topological polar surface area (TPSA) is 150 Å². The van der Waals surface area contributed by atoms with Gasteiger partial charge in [0.15, 0.2) is 6.10 Å². The summed E-state index contributed by atoms with van der Waals surface area (Å²) in [4.78, 5) is 35.5. The number of nitrogens with one attached hydrogen (secondary N) is 2. The van der Waals surface area contributed by atoms with E-state index in [0.717, 1.165) is 16.4 Å². The Morgan fingerprint density at radius 2 is 1.84 bits per heavy atom. The Balaban J connectivity index is 1.58. The van der Waals surface area contributed by atoms with Gasteiger partial charge < -0.3 is 14.8 Å². The predicted octanol–water partition coefficient (Wildman–Crippen LogP) is 4.27. The summed E-state index contributed by atoms with van der Waals surface area (Å²) in [6.45, 7) is 6.71. The Morgan fingerprint density at radius 1 is 1.16 bits per heavy atom. The maximum Gasteiger partial charge on any atom is 0.350 e. The summed E-state index contributed by atoms with van der Waals surface area (Å²) in [5.41, 5.74) is 4.67. The molecular formula is C25H27ClN6O6. The van der Waals surface area contributed by atoms with Crippen LogP contribution in [0.5, 0.6) is 11.6 Å². The molecule has 13 heteroatoms. The molecule has 0 unspecified atom stereocenters. The lowest BCUT2D eigenvalue weighted by atomic mass is 10.1. The molecule has 0 fully saturated rings. The first kappa shape index (κ1) is 28.1. The minimum atomic E-state index is -0.882. The third-order valence-electron chi connectivity index (χ3n) is 5.56. The lowest BCUT2D eigenvalue weighted by molar-refractivity contribution is -0.385. The van der Waals surface area contributed by atoms with E-state index in [9.17, 15) is 19.7 Å². The van der Waals surface area contributed by atoms with Crippen LogP contribution in [0.3, 0.4) is 0 Å². The molecule has 0 saturated carbocycles. The molecule has 1 aromatic heterocycles. The SMILES string of the molecule is COc1nn([C@H](C)C(=O)NN=C(C)c2ccc(NC(=O)[C@H](C)Oc3ccc(Cl)cc3C)cc2)cc1[N+](=O)[O-]. The zero-order chi connectivity index (χ0) is 28.0. The number of halogens is 1. The van der Waals surface area contributed by atoms with Crippen molar-refractivity contribution in [2.75, 3.05) is 12.4 Å². The molecule has 0 saturated heterocycles. The summed E-state index contributed by atoms with van der Waals surface area (Å²) in [6.07, 6.45) is 0.376. The first-order chi connectivity index (χ1) is 18.0. The third-order valence-corrected chi connectivity index (χ3v) is 5.80. The van der Waals surface area contributed by atoms with Crippen LogP contribution in [-0.2, 0) is 9.59 Å². The molecule has 200 valence electrons. The van der Waals surface area contributed by atoms with Crippen LogP contribution in [0.25, 0.3) is 0 Å². The zero-order valence-electron chi connectivity index (χ0n) is 21.4. The van der Waals surface area contributed by atoms with Crippen molar-refractivity contribution in [2.24, 2.45) is 5.10 Å². The van der Waals surface area contributed by atoms with E-state index in [4.69, 9.17) is 21.1 Å². The highest BCUT2D eigenvalue weighted by Crippen LogP contribution is 2.26. The van der Waals surface area contributed by atoms with Gasteiger partial charge in [0.25, 0.3) is 11.8 Å². The normalized spacial score (nSPS) is 12.8. The quantitative estimate of drug-likeness (QED) is 0.220. The van der Waals surface area contributed by atoms with Crippen LogP contribution >= 0.6 is 11.6 Å². The average molecular weight is 543 g/mol. The second kappa shape index (κ2) is 12.2. The summed E-state index contributed by atoms with van der Waals surface area (Å²) in [6, 6.07) is 11.2. The molecule has 2 aromatic carbocycles. The molecule has 1 heterocycles. The van der Waals surface area contributed by atoms with Crippen molar-refractivity contribution in [2.45, 2.75) is 39.8 Å². The fraction of sp³-hybridized carbons (Fsp3) is 0.280. The molecule has 0 bridgehead atoms. The van der Waals surface area contributed by atoms with Crippen LogP contribution in [0.4, 0.5) is 11.4 Å². The molecule has 0 aliphatic rings. The van der Waals surface area contributed by atoms with E-state index in [0.29, 0.717) is 27.7 Å². The Bertz CT molecular complexity index is 1370. The van der Waals surface area contributed by atoms with Crippen LogP contribution in [0, 0.1) is 17.0 Å². The van der Waals surface area contributed by atoms with Gasteiger partial charge in [0.05, 0.1) is 17.7 Å². The Kier molecular flexibility index (Phi) is 9.02. The average Bonchev–Trinajstić information content (AvgIpc) is 3.33. The number of amides is 2. The molecule has 0 aliphatic heterocycles. The number of nitro groups is 1. The van der Waals surface area contributed by atoms with Crippen molar-refractivity contribution < 1.29 is 24.0 Å². The molecule has 38 heavy (non-hydrogen) atoms. The smallest absolute Gasteiger partial charge is 0.350 e. The molecule has 0 radical (unpaired) electrons. The second-order valence-electron chi connectivity index (χ2n) is 8.35. The summed E-state index contributed by atoms with van der Waals surface area (Å²) in [5, 5.41) is 22.5. The van der Waals surface area contributed by atoms with Gasteiger partial charge in [-0.3, -0.25) is 19.7 Å². The number of methoxy groups -OCH3 is 1. The number of hydrazone groups is 1. The number of rotatable bonds is 10. The van der Waals surface area contributed by atoms with Crippen molar-refractivity contribution >= 4 is 40.5 Å². The van der Waals surface area contributed by atoms with Gasteiger partial charge in [-0.2, -0.15) is 5.10 Å². The van der Waals surface area contributed by atoms with Crippen molar-refractivity contribution in [1.29, 1.82) is 0 Å². The largest absolute Gasteiger partial charge is 0.481 e. The van der Waals surface area contributed by atoms with Gasteiger partial charge in [0.1, 0.15) is 18.0 Å². The van der Waals surface area contributed by atoms with Gasteiger partial charge in [0, 0.05) is 10.7 Å². The van der Waals surface area contributed by atoms with E-state index in [-0.39, 0.29) is 17.5 Å². The standard InChI is InChI=1S/C25H27ClN6O6/c1-14-12-19(26)8-11-22(14)38-17(4)24(34)27-20-9-6-18(7-10-20)15(2)28-29-23(33)16(3)31-13-21(32(35)36)25(30-31)37-5/h6-13,16-17H,1-5H3,(H,27,34)(H,29,33)/t16-,17+/m1/s1. The fourth-order valence-electron chi connectivity index (χ4n) is 3.28. The number of anilines is 1.